The van der Waals surface area contributed by atoms with Crippen LogP contribution in [0.25, 0.3) is 0 Å². The Kier molecular flexibility index (Phi) is 4.13. The third-order valence-electron chi connectivity index (χ3n) is 2.69. The Morgan fingerprint density at radius 1 is 1.16 bits per heavy atom. The molecule has 0 unspecified atom stereocenters. The van der Waals surface area contributed by atoms with Crippen molar-refractivity contribution in [2.75, 3.05) is 11.9 Å². The molecule has 0 bridgehead atoms. The molecule has 1 aromatic carbocycles. The van der Waals surface area contributed by atoms with Gasteiger partial charge >= 0.3 is 0 Å². The molecule has 0 fully saturated rings. The van der Waals surface area contributed by atoms with Gasteiger partial charge in [-0.15, -0.1) is 0 Å². The minimum absolute atomic E-state index is 0.0255. The normalized spacial score (nSPS) is 10.0. The Bertz CT molecular complexity index is 547. The van der Waals surface area contributed by atoms with Crippen LogP contribution in [-0.4, -0.2) is 17.5 Å². The van der Waals surface area contributed by atoms with Crippen molar-refractivity contribution in [2.45, 2.75) is 13.8 Å². The molecule has 1 heterocycles. The maximum absolute atomic E-state index is 11.7. The Hall–Kier alpha value is -2.36. The second kappa shape index (κ2) is 6.00. The molecule has 0 atom stereocenters. The van der Waals surface area contributed by atoms with E-state index in [2.05, 4.69) is 10.3 Å². The molecule has 0 spiro atoms. The average molecular weight is 256 g/mol. The molecule has 98 valence electrons. The summed E-state index contributed by atoms with van der Waals surface area (Å²) in [6.45, 7) is 3.89. The minimum atomic E-state index is -0.221. The number of hydrogen-bond acceptors (Lipinski definition) is 3. The lowest BCUT2D eigenvalue weighted by Crippen LogP contribution is -2.21. The number of pyridine rings is 1. The number of anilines is 1. The summed E-state index contributed by atoms with van der Waals surface area (Å²) < 4.78 is 5.56. The number of amides is 1. The summed E-state index contributed by atoms with van der Waals surface area (Å²) in [7, 11) is 0. The van der Waals surface area contributed by atoms with Crippen LogP contribution in [-0.2, 0) is 4.79 Å². The van der Waals surface area contributed by atoms with Gasteiger partial charge in [0.25, 0.3) is 5.91 Å². The fourth-order valence-corrected chi connectivity index (χ4v) is 1.78. The first-order valence-corrected chi connectivity index (χ1v) is 6.06. The summed E-state index contributed by atoms with van der Waals surface area (Å²) in [5, 5.41) is 2.68. The maximum Gasteiger partial charge on any atom is 0.263 e. The van der Waals surface area contributed by atoms with Gasteiger partial charge in [-0.2, -0.15) is 0 Å². The lowest BCUT2D eigenvalue weighted by atomic mass is 10.1. The molecule has 4 heteroatoms. The van der Waals surface area contributed by atoms with E-state index in [1.165, 1.54) is 0 Å². The minimum Gasteiger partial charge on any atom is -0.483 e. The molecule has 0 aliphatic rings. The summed E-state index contributed by atoms with van der Waals surface area (Å²) in [4.78, 5) is 15.8. The zero-order chi connectivity index (χ0) is 13.7. The monoisotopic (exact) mass is 256 g/mol. The predicted octanol–water partition coefficient (Wildman–Crippen LogP) is 2.72. The van der Waals surface area contributed by atoms with Crippen molar-refractivity contribution in [3.8, 4) is 5.75 Å². The van der Waals surface area contributed by atoms with Crippen LogP contribution in [0.15, 0.2) is 42.6 Å². The van der Waals surface area contributed by atoms with Crippen LogP contribution in [0, 0.1) is 13.8 Å². The predicted molar refractivity (Wildman–Crippen MR) is 74.3 cm³/mol. The van der Waals surface area contributed by atoms with Crippen molar-refractivity contribution in [2.24, 2.45) is 0 Å². The number of rotatable bonds is 4. The number of carbonyl (C=O) groups is 1. The van der Waals surface area contributed by atoms with Crippen LogP contribution >= 0.6 is 0 Å². The molecule has 2 aromatic rings. The first-order valence-electron chi connectivity index (χ1n) is 6.06. The van der Waals surface area contributed by atoms with Gasteiger partial charge < -0.3 is 10.1 Å². The molecule has 0 aliphatic carbocycles. The summed E-state index contributed by atoms with van der Waals surface area (Å²) in [6.07, 6.45) is 1.63. The summed E-state index contributed by atoms with van der Waals surface area (Å²) >= 11 is 0. The van der Waals surface area contributed by atoms with Crippen LogP contribution in [0.4, 0.5) is 5.82 Å². The molecule has 0 aliphatic heterocycles. The number of para-hydroxylation sites is 1. The molecule has 1 amide bonds. The van der Waals surface area contributed by atoms with Gasteiger partial charge in [-0.1, -0.05) is 24.3 Å². The SMILES string of the molecule is Cc1cccc(C)c1OCC(=O)Nc1ccccn1. The van der Waals surface area contributed by atoms with E-state index in [1.807, 2.05) is 38.1 Å². The average Bonchev–Trinajstić information content (AvgIpc) is 2.39. The van der Waals surface area contributed by atoms with E-state index >= 15 is 0 Å². The smallest absolute Gasteiger partial charge is 0.263 e. The fourth-order valence-electron chi connectivity index (χ4n) is 1.78. The highest BCUT2D eigenvalue weighted by Crippen LogP contribution is 2.22. The number of ether oxygens (including phenoxy) is 1. The first kappa shape index (κ1) is 13.1. The third-order valence-corrected chi connectivity index (χ3v) is 2.69. The Balaban J connectivity index is 1.94. The van der Waals surface area contributed by atoms with E-state index in [1.54, 1.807) is 18.3 Å². The highest BCUT2D eigenvalue weighted by atomic mass is 16.5. The summed E-state index contributed by atoms with van der Waals surface area (Å²) in [5.41, 5.74) is 2.04. The highest BCUT2D eigenvalue weighted by molar-refractivity contribution is 5.90. The van der Waals surface area contributed by atoms with Gasteiger partial charge in [0.05, 0.1) is 0 Å². The van der Waals surface area contributed by atoms with Crippen LogP contribution in [0.3, 0.4) is 0 Å². The number of carbonyl (C=O) groups excluding carboxylic acids is 1. The van der Waals surface area contributed by atoms with Crippen molar-refractivity contribution < 1.29 is 9.53 Å². The molecule has 0 saturated carbocycles. The van der Waals surface area contributed by atoms with Crippen LogP contribution < -0.4 is 10.1 Å². The molecule has 1 aromatic heterocycles. The second-order valence-corrected chi connectivity index (χ2v) is 4.27. The van der Waals surface area contributed by atoms with Gasteiger partial charge in [-0.05, 0) is 37.1 Å². The molecule has 2 rings (SSSR count). The van der Waals surface area contributed by atoms with E-state index in [-0.39, 0.29) is 12.5 Å². The number of aromatic nitrogens is 1. The molecule has 0 radical (unpaired) electrons. The largest absolute Gasteiger partial charge is 0.483 e. The van der Waals surface area contributed by atoms with Gasteiger partial charge in [0.15, 0.2) is 6.61 Å². The van der Waals surface area contributed by atoms with E-state index in [9.17, 15) is 4.79 Å². The lowest BCUT2D eigenvalue weighted by Gasteiger charge is -2.11. The van der Waals surface area contributed by atoms with E-state index < -0.39 is 0 Å². The maximum atomic E-state index is 11.7. The molecular weight excluding hydrogens is 240 g/mol. The van der Waals surface area contributed by atoms with Gasteiger partial charge in [0.2, 0.25) is 0 Å². The zero-order valence-corrected chi connectivity index (χ0v) is 11.0. The number of benzene rings is 1. The Morgan fingerprint density at radius 2 is 1.89 bits per heavy atom. The first-order chi connectivity index (χ1) is 9.16. The molecule has 19 heavy (non-hydrogen) atoms. The van der Waals surface area contributed by atoms with E-state index in [0.29, 0.717) is 5.82 Å². The molecular formula is C15H16N2O2. The Morgan fingerprint density at radius 3 is 2.53 bits per heavy atom. The van der Waals surface area contributed by atoms with Gasteiger partial charge in [0, 0.05) is 6.20 Å². The summed E-state index contributed by atoms with van der Waals surface area (Å²) in [5.74, 6) is 1.07. The van der Waals surface area contributed by atoms with Crippen molar-refractivity contribution in [3.63, 3.8) is 0 Å². The van der Waals surface area contributed by atoms with E-state index in [0.717, 1.165) is 16.9 Å². The van der Waals surface area contributed by atoms with Gasteiger partial charge in [-0.3, -0.25) is 4.79 Å². The van der Waals surface area contributed by atoms with Crippen molar-refractivity contribution in [1.29, 1.82) is 0 Å². The number of nitrogens with zero attached hydrogens (tertiary/aromatic N) is 1. The van der Waals surface area contributed by atoms with Crippen molar-refractivity contribution >= 4 is 11.7 Å². The van der Waals surface area contributed by atoms with Crippen molar-refractivity contribution in [1.82, 2.24) is 4.98 Å². The number of aryl methyl sites for hydroxylation is 2. The van der Waals surface area contributed by atoms with Gasteiger partial charge in [0.1, 0.15) is 11.6 Å². The van der Waals surface area contributed by atoms with Gasteiger partial charge in [-0.25, -0.2) is 4.98 Å². The van der Waals surface area contributed by atoms with Crippen LogP contribution in [0.2, 0.25) is 0 Å². The van der Waals surface area contributed by atoms with Crippen LogP contribution in [0.5, 0.6) is 5.75 Å². The topological polar surface area (TPSA) is 51.2 Å². The second-order valence-electron chi connectivity index (χ2n) is 4.27. The standard InChI is InChI=1S/C15H16N2O2/c1-11-6-5-7-12(2)15(11)19-10-14(18)17-13-8-3-4-9-16-13/h3-9H,10H2,1-2H3,(H,16,17,18). The molecule has 1 N–H and O–H groups in total. The highest BCUT2D eigenvalue weighted by Gasteiger charge is 2.07. The quantitative estimate of drug-likeness (QED) is 0.915. The Labute approximate surface area is 112 Å². The number of hydrogen-bond donors (Lipinski definition) is 1. The third kappa shape index (κ3) is 3.55. The molecule has 0 saturated heterocycles. The molecule has 4 nitrogen and oxygen atoms in total. The van der Waals surface area contributed by atoms with E-state index in [4.69, 9.17) is 4.74 Å². The number of nitrogens with one attached hydrogen (secondary N) is 1. The fraction of sp³-hybridized carbons (Fsp3) is 0.200. The summed E-state index contributed by atoms with van der Waals surface area (Å²) in [6, 6.07) is 11.2. The van der Waals surface area contributed by atoms with Crippen molar-refractivity contribution in [3.05, 3.63) is 53.7 Å². The van der Waals surface area contributed by atoms with Crippen LogP contribution in [0.1, 0.15) is 11.1 Å². The zero-order valence-electron chi connectivity index (χ0n) is 11.0. The lowest BCUT2D eigenvalue weighted by molar-refractivity contribution is -0.118.